The van der Waals surface area contributed by atoms with Crippen molar-refractivity contribution in [1.29, 1.82) is 0 Å². The van der Waals surface area contributed by atoms with E-state index in [2.05, 4.69) is 13.8 Å². The van der Waals surface area contributed by atoms with Crippen molar-refractivity contribution in [3.05, 3.63) is 0 Å². The van der Waals surface area contributed by atoms with Gasteiger partial charge in [-0.1, -0.05) is 26.7 Å². The van der Waals surface area contributed by atoms with Crippen LogP contribution >= 0.6 is 0 Å². The molecule has 1 nitrogen and oxygen atoms in total. The number of hydrogen-bond acceptors (Lipinski definition) is 1. The van der Waals surface area contributed by atoms with E-state index in [4.69, 9.17) is 5.73 Å². The number of hydrogen-bond donors (Lipinski definition) is 1. The second kappa shape index (κ2) is 2.91. The van der Waals surface area contributed by atoms with E-state index >= 15 is 0 Å². The third-order valence-corrected chi connectivity index (χ3v) is 2.81. The SMILES string of the molecule is C[C@H]1CCC[C@@](C)(CN)C1. The van der Waals surface area contributed by atoms with Gasteiger partial charge in [0.25, 0.3) is 0 Å². The van der Waals surface area contributed by atoms with Crippen molar-refractivity contribution >= 4 is 0 Å². The highest BCUT2D eigenvalue weighted by molar-refractivity contribution is 4.81. The molecular formula is C9H19N. The van der Waals surface area contributed by atoms with Crippen molar-refractivity contribution in [3.63, 3.8) is 0 Å². The Labute approximate surface area is 64.0 Å². The number of rotatable bonds is 1. The monoisotopic (exact) mass is 141 g/mol. The molecule has 0 aromatic carbocycles. The van der Waals surface area contributed by atoms with Crippen LogP contribution in [0.5, 0.6) is 0 Å². The third-order valence-electron chi connectivity index (χ3n) is 2.81. The van der Waals surface area contributed by atoms with Crippen LogP contribution in [0.3, 0.4) is 0 Å². The first-order valence-corrected chi connectivity index (χ1v) is 4.36. The first-order valence-electron chi connectivity index (χ1n) is 4.36. The molecule has 2 N–H and O–H groups in total. The predicted molar refractivity (Wildman–Crippen MR) is 44.8 cm³/mol. The van der Waals surface area contributed by atoms with E-state index in [0.29, 0.717) is 5.41 Å². The van der Waals surface area contributed by atoms with Crippen molar-refractivity contribution in [1.82, 2.24) is 0 Å². The van der Waals surface area contributed by atoms with Crippen LogP contribution in [-0.2, 0) is 0 Å². The van der Waals surface area contributed by atoms with E-state index in [0.717, 1.165) is 12.5 Å². The quantitative estimate of drug-likeness (QED) is 0.595. The first-order chi connectivity index (χ1) is 4.66. The van der Waals surface area contributed by atoms with Crippen molar-refractivity contribution < 1.29 is 0 Å². The summed E-state index contributed by atoms with van der Waals surface area (Å²) in [6, 6.07) is 0. The Hall–Kier alpha value is -0.0400. The maximum Gasteiger partial charge on any atom is -0.00231 e. The molecule has 0 spiro atoms. The zero-order chi connectivity index (χ0) is 7.61. The van der Waals surface area contributed by atoms with Crippen LogP contribution in [0.4, 0.5) is 0 Å². The fourth-order valence-corrected chi connectivity index (χ4v) is 2.11. The van der Waals surface area contributed by atoms with E-state index in [1.807, 2.05) is 0 Å². The zero-order valence-corrected chi connectivity index (χ0v) is 7.19. The van der Waals surface area contributed by atoms with E-state index in [1.54, 1.807) is 0 Å². The van der Waals surface area contributed by atoms with Gasteiger partial charge in [-0.2, -0.15) is 0 Å². The summed E-state index contributed by atoms with van der Waals surface area (Å²) in [6.07, 6.45) is 5.47. The standard InChI is InChI=1S/C9H19N/c1-8-4-3-5-9(2,6-8)7-10/h8H,3-7,10H2,1-2H3/t8-,9+/m0/s1. The lowest BCUT2D eigenvalue weighted by Crippen LogP contribution is -2.32. The molecule has 0 aliphatic heterocycles. The van der Waals surface area contributed by atoms with Crippen LogP contribution in [0.2, 0.25) is 0 Å². The summed E-state index contributed by atoms with van der Waals surface area (Å²) in [5.74, 6) is 0.905. The highest BCUT2D eigenvalue weighted by atomic mass is 14.6. The van der Waals surface area contributed by atoms with Gasteiger partial charge < -0.3 is 5.73 Å². The van der Waals surface area contributed by atoms with Crippen LogP contribution in [-0.4, -0.2) is 6.54 Å². The molecule has 60 valence electrons. The molecule has 1 heteroatoms. The average Bonchev–Trinajstić information content (AvgIpc) is 1.88. The molecule has 1 aliphatic rings. The largest absolute Gasteiger partial charge is 0.330 e. The Morgan fingerprint density at radius 3 is 2.70 bits per heavy atom. The van der Waals surface area contributed by atoms with Gasteiger partial charge >= 0.3 is 0 Å². The molecule has 0 saturated heterocycles. The molecule has 1 saturated carbocycles. The summed E-state index contributed by atoms with van der Waals surface area (Å²) < 4.78 is 0. The normalized spacial score (nSPS) is 41.7. The van der Waals surface area contributed by atoms with Gasteiger partial charge in [0.2, 0.25) is 0 Å². The van der Waals surface area contributed by atoms with Gasteiger partial charge in [-0.25, -0.2) is 0 Å². The van der Waals surface area contributed by atoms with Gasteiger partial charge in [0.15, 0.2) is 0 Å². The maximum atomic E-state index is 5.70. The van der Waals surface area contributed by atoms with Gasteiger partial charge in [0, 0.05) is 0 Å². The van der Waals surface area contributed by atoms with Gasteiger partial charge in [-0.15, -0.1) is 0 Å². The highest BCUT2D eigenvalue weighted by Gasteiger charge is 2.28. The minimum absolute atomic E-state index is 0.470. The molecule has 1 fully saturated rings. The lowest BCUT2D eigenvalue weighted by atomic mass is 9.71. The van der Waals surface area contributed by atoms with Crippen molar-refractivity contribution in [2.45, 2.75) is 39.5 Å². The van der Waals surface area contributed by atoms with Gasteiger partial charge in [-0.3, -0.25) is 0 Å². The molecule has 0 amide bonds. The second-order valence-electron chi connectivity index (χ2n) is 4.22. The van der Waals surface area contributed by atoms with Crippen LogP contribution < -0.4 is 5.73 Å². The summed E-state index contributed by atoms with van der Waals surface area (Å²) >= 11 is 0. The zero-order valence-electron chi connectivity index (χ0n) is 7.19. The summed E-state index contributed by atoms with van der Waals surface area (Å²) in [6.45, 7) is 5.53. The summed E-state index contributed by atoms with van der Waals surface area (Å²) in [7, 11) is 0. The molecule has 0 unspecified atom stereocenters. The molecule has 1 aliphatic carbocycles. The summed E-state index contributed by atoms with van der Waals surface area (Å²) in [5.41, 5.74) is 6.17. The Balaban J connectivity index is 2.45. The minimum atomic E-state index is 0.470. The molecular weight excluding hydrogens is 122 g/mol. The van der Waals surface area contributed by atoms with E-state index in [1.165, 1.54) is 25.7 Å². The molecule has 0 heterocycles. The molecule has 2 atom stereocenters. The lowest BCUT2D eigenvalue weighted by molar-refractivity contribution is 0.177. The fraction of sp³-hybridized carbons (Fsp3) is 1.00. The number of nitrogens with two attached hydrogens (primary N) is 1. The summed E-state index contributed by atoms with van der Waals surface area (Å²) in [5, 5.41) is 0. The van der Waals surface area contributed by atoms with Crippen LogP contribution in [0.15, 0.2) is 0 Å². The molecule has 10 heavy (non-hydrogen) atoms. The topological polar surface area (TPSA) is 26.0 Å². The van der Waals surface area contributed by atoms with E-state index in [-0.39, 0.29) is 0 Å². The van der Waals surface area contributed by atoms with Crippen molar-refractivity contribution in [3.8, 4) is 0 Å². The van der Waals surface area contributed by atoms with Gasteiger partial charge in [-0.05, 0) is 30.7 Å². The lowest BCUT2D eigenvalue weighted by Gasteiger charge is -2.35. The minimum Gasteiger partial charge on any atom is -0.330 e. The third kappa shape index (κ3) is 1.72. The van der Waals surface area contributed by atoms with Crippen LogP contribution in [0.25, 0.3) is 0 Å². The van der Waals surface area contributed by atoms with Crippen LogP contribution in [0.1, 0.15) is 39.5 Å². The molecule has 0 aromatic rings. The Kier molecular flexibility index (Phi) is 2.35. The fourth-order valence-electron chi connectivity index (χ4n) is 2.11. The first kappa shape index (κ1) is 8.06. The Morgan fingerprint density at radius 2 is 2.30 bits per heavy atom. The maximum absolute atomic E-state index is 5.70. The van der Waals surface area contributed by atoms with E-state index in [9.17, 15) is 0 Å². The molecule has 1 rings (SSSR count). The highest BCUT2D eigenvalue weighted by Crippen LogP contribution is 2.37. The molecule has 0 radical (unpaired) electrons. The molecule has 0 aromatic heterocycles. The van der Waals surface area contributed by atoms with Gasteiger partial charge in [0.05, 0.1) is 0 Å². The van der Waals surface area contributed by atoms with Crippen molar-refractivity contribution in [2.75, 3.05) is 6.54 Å². The average molecular weight is 141 g/mol. The summed E-state index contributed by atoms with van der Waals surface area (Å²) in [4.78, 5) is 0. The Morgan fingerprint density at radius 1 is 1.60 bits per heavy atom. The molecule has 0 bridgehead atoms. The second-order valence-corrected chi connectivity index (χ2v) is 4.22. The van der Waals surface area contributed by atoms with Crippen LogP contribution in [0, 0.1) is 11.3 Å². The van der Waals surface area contributed by atoms with E-state index < -0.39 is 0 Å². The van der Waals surface area contributed by atoms with Gasteiger partial charge in [0.1, 0.15) is 0 Å². The van der Waals surface area contributed by atoms with Crippen molar-refractivity contribution in [2.24, 2.45) is 17.1 Å². The Bertz CT molecular complexity index is 111. The smallest absolute Gasteiger partial charge is 0.00231 e. The predicted octanol–water partition coefficient (Wildman–Crippen LogP) is 2.16.